The van der Waals surface area contributed by atoms with Gasteiger partial charge in [0.2, 0.25) is 0 Å². The average molecular weight is 332 g/mol. The summed E-state index contributed by atoms with van der Waals surface area (Å²) in [6.07, 6.45) is 2.06. The molecule has 1 rings (SSSR count). The first-order valence-corrected chi connectivity index (χ1v) is 8.27. The minimum Gasteiger partial charge on any atom is -0.324 e. The van der Waals surface area contributed by atoms with Gasteiger partial charge in [-0.3, -0.25) is 0 Å². The van der Waals surface area contributed by atoms with Crippen molar-refractivity contribution >= 4 is 23.2 Å². The fraction of sp³-hybridized carbons (Fsp3) is 0.625. The van der Waals surface area contributed by atoms with Crippen LogP contribution in [-0.2, 0) is 0 Å². The highest BCUT2D eigenvalue weighted by Gasteiger charge is 2.13. The zero-order chi connectivity index (χ0) is 15.8. The Hall–Kier alpha value is -0.320. The van der Waals surface area contributed by atoms with Gasteiger partial charge in [0.05, 0.1) is 10.0 Å². The number of rotatable bonds is 9. The van der Waals surface area contributed by atoms with Crippen LogP contribution in [0.2, 0.25) is 10.0 Å². The van der Waals surface area contributed by atoms with Gasteiger partial charge in [-0.1, -0.05) is 42.3 Å². The standard InChI is InChI=1S/C16H27Cl2N3/c1-4-21(11-6-10-20(2)3)12-9-15(19)13-7-5-8-14(17)16(13)18/h5,7-8,15H,4,6,9-12,19H2,1-3H3. The molecule has 0 heterocycles. The first kappa shape index (κ1) is 18.7. The zero-order valence-corrected chi connectivity index (χ0v) is 14.8. The van der Waals surface area contributed by atoms with E-state index in [0.717, 1.165) is 38.2 Å². The van der Waals surface area contributed by atoms with Crippen molar-refractivity contribution in [3.05, 3.63) is 33.8 Å². The van der Waals surface area contributed by atoms with Crippen LogP contribution < -0.4 is 5.73 Å². The van der Waals surface area contributed by atoms with E-state index in [-0.39, 0.29) is 6.04 Å². The second-order valence-corrected chi connectivity index (χ2v) is 6.41. The molecule has 0 saturated carbocycles. The summed E-state index contributed by atoms with van der Waals surface area (Å²) in [6, 6.07) is 5.58. The summed E-state index contributed by atoms with van der Waals surface area (Å²) in [7, 11) is 4.21. The first-order chi connectivity index (χ1) is 9.95. The van der Waals surface area contributed by atoms with E-state index >= 15 is 0 Å². The molecule has 0 saturated heterocycles. The summed E-state index contributed by atoms with van der Waals surface area (Å²) < 4.78 is 0. The van der Waals surface area contributed by atoms with Crippen LogP contribution in [0.15, 0.2) is 18.2 Å². The Bertz CT molecular complexity index is 424. The van der Waals surface area contributed by atoms with Crippen molar-refractivity contribution in [1.82, 2.24) is 9.80 Å². The van der Waals surface area contributed by atoms with Crippen molar-refractivity contribution in [3.63, 3.8) is 0 Å². The van der Waals surface area contributed by atoms with Gasteiger partial charge in [-0.05, 0) is 64.7 Å². The Morgan fingerprint density at radius 1 is 1.14 bits per heavy atom. The molecular formula is C16H27Cl2N3. The molecule has 5 heteroatoms. The Morgan fingerprint density at radius 2 is 1.86 bits per heavy atom. The van der Waals surface area contributed by atoms with Gasteiger partial charge in [0.1, 0.15) is 0 Å². The zero-order valence-electron chi connectivity index (χ0n) is 13.3. The molecule has 21 heavy (non-hydrogen) atoms. The second-order valence-electron chi connectivity index (χ2n) is 5.63. The molecule has 0 aliphatic heterocycles. The summed E-state index contributed by atoms with van der Waals surface area (Å²) in [5, 5.41) is 1.16. The lowest BCUT2D eigenvalue weighted by Gasteiger charge is -2.23. The molecule has 120 valence electrons. The van der Waals surface area contributed by atoms with Gasteiger partial charge < -0.3 is 15.5 Å². The highest BCUT2D eigenvalue weighted by molar-refractivity contribution is 6.42. The van der Waals surface area contributed by atoms with E-state index in [0.29, 0.717) is 10.0 Å². The monoisotopic (exact) mass is 331 g/mol. The van der Waals surface area contributed by atoms with E-state index in [2.05, 4.69) is 30.8 Å². The molecule has 0 aliphatic carbocycles. The molecule has 1 aromatic carbocycles. The lowest BCUT2D eigenvalue weighted by Crippen LogP contribution is -2.30. The normalized spacial score (nSPS) is 13.1. The fourth-order valence-electron chi connectivity index (χ4n) is 2.32. The third-order valence-corrected chi connectivity index (χ3v) is 4.50. The summed E-state index contributed by atoms with van der Waals surface area (Å²) in [5.74, 6) is 0. The smallest absolute Gasteiger partial charge is 0.0640 e. The van der Waals surface area contributed by atoms with Gasteiger partial charge in [-0.15, -0.1) is 0 Å². The van der Waals surface area contributed by atoms with Crippen LogP contribution >= 0.6 is 23.2 Å². The van der Waals surface area contributed by atoms with Crippen molar-refractivity contribution in [2.45, 2.75) is 25.8 Å². The van der Waals surface area contributed by atoms with Crippen LogP contribution in [-0.4, -0.2) is 50.1 Å². The van der Waals surface area contributed by atoms with Crippen LogP contribution in [0.1, 0.15) is 31.4 Å². The number of hydrogen-bond donors (Lipinski definition) is 1. The van der Waals surface area contributed by atoms with Gasteiger partial charge in [-0.2, -0.15) is 0 Å². The minimum absolute atomic E-state index is 0.0703. The van der Waals surface area contributed by atoms with Crippen LogP contribution in [0.5, 0.6) is 0 Å². The molecule has 0 amide bonds. The minimum atomic E-state index is -0.0703. The van der Waals surface area contributed by atoms with E-state index in [1.807, 2.05) is 12.1 Å². The molecule has 0 aromatic heterocycles. The van der Waals surface area contributed by atoms with Crippen molar-refractivity contribution in [1.29, 1.82) is 0 Å². The maximum absolute atomic E-state index is 6.27. The number of halogens is 2. The predicted molar refractivity (Wildman–Crippen MR) is 93.3 cm³/mol. The Labute approximate surface area is 139 Å². The Kier molecular flexibility index (Phi) is 8.60. The molecule has 1 unspecified atom stereocenters. The third-order valence-electron chi connectivity index (χ3n) is 3.66. The molecule has 0 fully saturated rings. The quantitative estimate of drug-likeness (QED) is 0.749. The van der Waals surface area contributed by atoms with E-state index in [4.69, 9.17) is 28.9 Å². The predicted octanol–water partition coefficient (Wildman–Crippen LogP) is 3.66. The van der Waals surface area contributed by atoms with Crippen molar-refractivity contribution in [2.75, 3.05) is 40.3 Å². The summed E-state index contributed by atoms with van der Waals surface area (Å²) >= 11 is 12.3. The number of hydrogen-bond acceptors (Lipinski definition) is 3. The summed E-state index contributed by atoms with van der Waals surface area (Å²) in [5.41, 5.74) is 7.21. The van der Waals surface area contributed by atoms with Crippen LogP contribution in [0.4, 0.5) is 0 Å². The van der Waals surface area contributed by atoms with Crippen LogP contribution in [0, 0.1) is 0 Å². The van der Waals surface area contributed by atoms with Gasteiger partial charge in [0.25, 0.3) is 0 Å². The maximum Gasteiger partial charge on any atom is 0.0640 e. The molecule has 0 spiro atoms. The van der Waals surface area contributed by atoms with Crippen molar-refractivity contribution in [2.24, 2.45) is 5.73 Å². The summed E-state index contributed by atoms with van der Waals surface area (Å²) in [6.45, 7) is 6.43. The van der Waals surface area contributed by atoms with E-state index < -0.39 is 0 Å². The number of benzene rings is 1. The van der Waals surface area contributed by atoms with Crippen molar-refractivity contribution < 1.29 is 0 Å². The van der Waals surface area contributed by atoms with Gasteiger partial charge >= 0.3 is 0 Å². The van der Waals surface area contributed by atoms with Gasteiger partial charge in [0.15, 0.2) is 0 Å². The largest absolute Gasteiger partial charge is 0.324 e. The lowest BCUT2D eigenvalue weighted by atomic mass is 10.0. The molecule has 0 aliphatic rings. The molecule has 3 nitrogen and oxygen atoms in total. The van der Waals surface area contributed by atoms with Crippen molar-refractivity contribution in [3.8, 4) is 0 Å². The second kappa shape index (κ2) is 9.65. The highest BCUT2D eigenvalue weighted by atomic mass is 35.5. The maximum atomic E-state index is 6.27. The number of nitrogens with zero attached hydrogens (tertiary/aromatic N) is 2. The fourth-order valence-corrected chi connectivity index (χ4v) is 2.77. The summed E-state index contributed by atoms with van der Waals surface area (Å²) in [4.78, 5) is 4.65. The van der Waals surface area contributed by atoms with Gasteiger partial charge in [0, 0.05) is 6.04 Å². The SMILES string of the molecule is CCN(CCCN(C)C)CCC(N)c1cccc(Cl)c1Cl. The van der Waals surface area contributed by atoms with E-state index in [1.54, 1.807) is 6.07 Å². The van der Waals surface area contributed by atoms with Crippen LogP contribution in [0.25, 0.3) is 0 Å². The van der Waals surface area contributed by atoms with E-state index in [1.165, 1.54) is 6.42 Å². The Morgan fingerprint density at radius 3 is 2.48 bits per heavy atom. The topological polar surface area (TPSA) is 32.5 Å². The van der Waals surface area contributed by atoms with Gasteiger partial charge in [-0.25, -0.2) is 0 Å². The lowest BCUT2D eigenvalue weighted by molar-refractivity contribution is 0.257. The third kappa shape index (κ3) is 6.54. The number of nitrogens with two attached hydrogens (primary N) is 1. The molecule has 0 radical (unpaired) electrons. The van der Waals surface area contributed by atoms with E-state index in [9.17, 15) is 0 Å². The molecule has 2 N–H and O–H groups in total. The first-order valence-electron chi connectivity index (χ1n) is 7.52. The molecule has 0 bridgehead atoms. The Balaban J connectivity index is 2.46. The van der Waals surface area contributed by atoms with Crippen LogP contribution in [0.3, 0.4) is 0 Å². The highest BCUT2D eigenvalue weighted by Crippen LogP contribution is 2.30. The molecule has 1 atom stereocenters. The molecule has 1 aromatic rings. The molecular weight excluding hydrogens is 305 g/mol. The average Bonchev–Trinajstić information content (AvgIpc) is 2.44.